The second-order valence-corrected chi connectivity index (χ2v) is 6.92. The number of hydrogen-bond donors (Lipinski definition) is 1. The van der Waals surface area contributed by atoms with Crippen molar-refractivity contribution in [3.8, 4) is 0 Å². The van der Waals surface area contributed by atoms with Gasteiger partial charge in [0.05, 0.1) is 12.7 Å². The van der Waals surface area contributed by atoms with Crippen LogP contribution >= 0.6 is 27.3 Å². The molecular formula is C13H19BrN2OS. The Labute approximate surface area is 121 Å². The monoisotopic (exact) mass is 330 g/mol. The number of rotatable bonds is 4. The fourth-order valence-electron chi connectivity index (χ4n) is 2.81. The normalized spacial score (nSPS) is 28.5. The highest BCUT2D eigenvalue weighted by atomic mass is 79.9. The molecule has 100 valence electrons. The molecule has 1 aromatic rings. The number of fused-ring (bicyclic) bond motifs is 1. The van der Waals surface area contributed by atoms with E-state index in [0.717, 1.165) is 26.2 Å². The van der Waals surface area contributed by atoms with Crippen LogP contribution in [0.25, 0.3) is 0 Å². The van der Waals surface area contributed by atoms with Crippen molar-refractivity contribution in [2.75, 3.05) is 26.2 Å². The van der Waals surface area contributed by atoms with Crippen molar-refractivity contribution in [3.05, 3.63) is 20.8 Å². The highest BCUT2D eigenvalue weighted by Gasteiger charge is 2.31. The average Bonchev–Trinajstić information content (AvgIpc) is 2.98. The molecule has 5 heteroatoms. The summed E-state index contributed by atoms with van der Waals surface area (Å²) in [6.45, 7) is 5.18. The number of halogens is 1. The van der Waals surface area contributed by atoms with Crippen molar-refractivity contribution < 1.29 is 4.74 Å². The number of thiophene rings is 1. The first-order chi connectivity index (χ1) is 8.83. The first kappa shape index (κ1) is 13.1. The number of nitrogens with one attached hydrogen (secondary N) is 1. The van der Waals surface area contributed by atoms with Gasteiger partial charge in [-0.2, -0.15) is 0 Å². The van der Waals surface area contributed by atoms with Gasteiger partial charge in [-0.1, -0.05) is 0 Å². The Bertz CT molecular complexity index is 398. The molecule has 0 spiro atoms. The first-order valence-electron chi connectivity index (χ1n) is 6.61. The fourth-order valence-corrected chi connectivity index (χ4v) is 4.27. The molecule has 0 amide bonds. The highest BCUT2D eigenvalue weighted by Crippen LogP contribution is 2.23. The summed E-state index contributed by atoms with van der Waals surface area (Å²) in [6, 6.07) is 2.81. The van der Waals surface area contributed by atoms with E-state index >= 15 is 0 Å². The van der Waals surface area contributed by atoms with Gasteiger partial charge in [0.1, 0.15) is 0 Å². The summed E-state index contributed by atoms with van der Waals surface area (Å²) in [4.78, 5) is 3.96. The molecule has 1 N–H and O–H groups in total. The third kappa shape index (κ3) is 2.96. The smallest absolute Gasteiger partial charge is 0.0827 e. The van der Waals surface area contributed by atoms with E-state index < -0.39 is 0 Å². The maximum Gasteiger partial charge on any atom is 0.0827 e. The van der Waals surface area contributed by atoms with Crippen molar-refractivity contribution in [2.24, 2.45) is 0 Å². The molecule has 2 unspecified atom stereocenters. The lowest BCUT2D eigenvalue weighted by Crippen LogP contribution is -2.49. The van der Waals surface area contributed by atoms with Gasteiger partial charge >= 0.3 is 0 Å². The summed E-state index contributed by atoms with van der Waals surface area (Å²) in [6.07, 6.45) is 3.02. The molecule has 2 aliphatic rings. The van der Waals surface area contributed by atoms with Gasteiger partial charge < -0.3 is 10.1 Å². The molecule has 3 heterocycles. The molecule has 0 saturated carbocycles. The molecule has 0 bridgehead atoms. The van der Waals surface area contributed by atoms with Crippen LogP contribution in [-0.4, -0.2) is 43.3 Å². The average molecular weight is 331 g/mol. The quantitative estimate of drug-likeness (QED) is 0.917. The Morgan fingerprint density at radius 3 is 3.33 bits per heavy atom. The van der Waals surface area contributed by atoms with Gasteiger partial charge in [-0.3, -0.25) is 4.90 Å². The van der Waals surface area contributed by atoms with E-state index in [1.54, 1.807) is 11.3 Å². The topological polar surface area (TPSA) is 24.5 Å². The zero-order valence-corrected chi connectivity index (χ0v) is 12.8. The van der Waals surface area contributed by atoms with Crippen molar-refractivity contribution in [1.82, 2.24) is 10.2 Å². The number of hydrogen-bond acceptors (Lipinski definition) is 4. The molecule has 18 heavy (non-hydrogen) atoms. The fraction of sp³-hybridized carbons (Fsp3) is 0.692. The van der Waals surface area contributed by atoms with E-state index in [4.69, 9.17) is 4.74 Å². The van der Waals surface area contributed by atoms with Crippen molar-refractivity contribution in [3.63, 3.8) is 0 Å². The van der Waals surface area contributed by atoms with E-state index in [1.165, 1.54) is 28.7 Å². The summed E-state index contributed by atoms with van der Waals surface area (Å²) in [5.41, 5.74) is 0. The number of morpholine rings is 1. The van der Waals surface area contributed by atoms with Crippen molar-refractivity contribution >= 4 is 27.3 Å². The molecule has 2 saturated heterocycles. The Morgan fingerprint density at radius 2 is 2.50 bits per heavy atom. The number of nitrogens with zero attached hydrogens (tertiary/aromatic N) is 1. The van der Waals surface area contributed by atoms with Gasteiger partial charge in [-0.15, -0.1) is 11.3 Å². The Hall–Kier alpha value is 0.0600. The minimum absolute atomic E-state index is 0.359. The van der Waals surface area contributed by atoms with E-state index in [-0.39, 0.29) is 0 Å². The van der Waals surface area contributed by atoms with E-state index in [9.17, 15) is 0 Å². The summed E-state index contributed by atoms with van der Waals surface area (Å²) >= 11 is 5.35. The summed E-state index contributed by atoms with van der Waals surface area (Å²) < 4.78 is 7.14. The maximum atomic E-state index is 5.93. The van der Waals surface area contributed by atoms with Crippen LogP contribution in [0.4, 0.5) is 0 Å². The largest absolute Gasteiger partial charge is 0.374 e. The molecule has 0 aliphatic carbocycles. The summed E-state index contributed by atoms with van der Waals surface area (Å²) in [5, 5.41) is 5.63. The summed E-state index contributed by atoms with van der Waals surface area (Å²) in [7, 11) is 0. The van der Waals surface area contributed by atoms with E-state index in [1.807, 2.05) is 0 Å². The molecule has 3 rings (SSSR count). The lowest BCUT2D eigenvalue weighted by Gasteiger charge is -2.35. The molecule has 2 atom stereocenters. The third-order valence-electron chi connectivity index (χ3n) is 3.81. The van der Waals surface area contributed by atoms with Crippen LogP contribution < -0.4 is 5.32 Å². The third-order valence-corrected chi connectivity index (χ3v) is 5.74. The zero-order valence-electron chi connectivity index (χ0n) is 10.4. The van der Waals surface area contributed by atoms with Crippen LogP contribution in [-0.2, 0) is 11.3 Å². The second-order valence-electron chi connectivity index (χ2n) is 5.07. The first-order valence-corrected chi connectivity index (χ1v) is 8.28. The van der Waals surface area contributed by atoms with E-state index in [0.29, 0.717) is 12.1 Å². The van der Waals surface area contributed by atoms with Crippen molar-refractivity contribution in [1.29, 1.82) is 0 Å². The van der Waals surface area contributed by atoms with Crippen LogP contribution in [0.5, 0.6) is 0 Å². The molecule has 0 radical (unpaired) electrons. The van der Waals surface area contributed by atoms with Crippen LogP contribution in [0.1, 0.15) is 17.7 Å². The van der Waals surface area contributed by atoms with Gasteiger partial charge in [0.2, 0.25) is 0 Å². The van der Waals surface area contributed by atoms with Gasteiger partial charge in [0.15, 0.2) is 0 Å². The van der Waals surface area contributed by atoms with Crippen LogP contribution in [0.15, 0.2) is 15.9 Å². The van der Waals surface area contributed by atoms with Crippen molar-refractivity contribution in [2.45, 2.75) is 31.5 Å². The standard InChI is InChI=1S/C13H19BrN2OS/c14-12-3-5-18-13(12)7-15-6-11-8-16-4-1-2-10(16)9-17-11/h3,5,10-11,15H,1-2,4,6-9H2. The summed E-state index contributed by atoms with van der Waals surface area (Å²) in [5.74, 6) is 0. The van der Waals surface area contributed by atoms with Gasteiger partial charge in [-0.25, -0.2) is 0 Å². The zero-order chi connectivity index (χ0) is 12.4. The Morgan fingerprint density at radius 1 is 1.56 bits per heavy atom. The van der Waals surface area contributed by atoms with Crippen LogP contribution in [0.2, 0.25) is 0 Å². The molecule has 1 aromatic heterocycles. The minimum atomic E-state index is 0.359. The van der Waals surface area contributed by atoms with Gasteiger partial charge in [0, 0.05) is 35.0 Å². The van der Waals surface area contributed by atoms with Gasteiger partial charge in [-0.05, 0) is 46.8 Å². The predicted molar refractivity (Wildman–Crippen MR) is 78.1 cm³/mol. The molecule has 2 fully saturated rings. The lowest BCUT2D eigenvalue weighted by atomic mass is 10.2. The van der Waals surface area contributed by atoms with E-state index in [2.05, 4.69) is 37.6 Å². The highest BCUT2D eigenvalue weighted by molar-refractivity contribution is 9.10. The molecule has 3 nitrogen and oxygen atoms in total. The maximum absolute atomic E-state index is 5.93. The minimum Gasteiger partial charge on any atom is -0.374 e. The van der Waals surface area contributed by atoms with Gasteiger partial charge in [0.25, 0.3) is 0 Å². The van der Waals surface area contributed by atoms with Crippen LogP contribution in [0, 0.1) is 0 Å². The molecular weight excluding hydrogens is 312 g/mol. The Balaban J connectivity index is 1.42. The second kappa shape index (κ2) is 6.01. The molecule has 2 aliphatic heterocycles. The van der Waals surface area contributed by atoms with Crippen LogP contribution in [0.3, 0.4) is 0 Å². The Kier molecular flexibility index (Phi) is 4.36. The lowest BCUT2D eigenvalue weighted by molar-refractivity contribution is -0.0470. The number of ether oxygens (including phenoxy) is 1. The SMILES string of the molecule is Brc1ccsc1CNCC1CN2CCCC2CO1. The predicted octanol–water partition coefficient (Wildman–Crippen LogP) is 2.46. The molecule has 0 aromatic carbocycles.